The van der Waals surface area contributed by atoms with Crippen molar-refractivity contribution in [2.75, 3.05) is 24.2 Å². The zero-order valence-corrected chi connectivity index (χ0v) is 20.6. The Morgan fingerprint density at radius 1 is 1.09 bits per heavy atom. The number of carbonyl (C=O) groups is 2. The van der Waals surface area contributed by atoms with Gasteiger partial charge >= 0.3 is 5.97 Å². The molecule has 2 aromatic rings. The average molecular weight is 503 g/mol. The summed E-state index contributed by atoms with van der Waals surface area (Å²) in [6.45, 7) is 1.02. The second kappa shape index (κ2) is 13.2. The Morgan fingerprint density at radius 3 is 2.66 bits per heavy atom. The molecule has 1 aromatic carbocycles. The van der Waals surface area contributed by atoms with Crippen LogP contribution in [0.5, 0.6) is 0 Å². The lowest BCUT2D eigenvalue weighted by Gasteiger charge is -2.17. The van der Waals surface area contributed by atoms with E-state index in [4.69, 9.17) is 0 Å². The number of sulfonamides is 1. The number of carbonyl (C=O) groups excluding carboxylic acids is 1. The first kappa shape index (κ1) is 26.6. The van der Waals surface area contributed by atoms with Crippen LogP contribution in [0.4, 0.5) is 5.82 Å². The fourth-order valence-corrected chi connectivity index (χ4v) is 5.22. The van der Waals surface area contributed by atoms with Gasteiger partial charge in [-0.2, -0.15) is 0 Å². The van der Waals surface area contributed by atoms with Crippen molar-refractivity contribution in [2.45, 2.75) is 57.4 Å². The Hall–Kier alpha value is -2.98. The molecule has 0 fully saturated rings. The van der Waals surface area contributed by atoms with E-state index in [1.165, 1.54) is 5.56 Å². The molecule has 0 aliphatic carbocycles. The lowest BCUT2D eigenvalue weighted by atomic mass is 10.1. The largest absolute Gasteiger partial charge is 0.480 e. The van der Waals surface area contributed by atoms with Gasteiger partial charge in [0.05, 0.1) is 5.75 Å². The molecule has 190 valence electrons. The van der Waals surface area contributed by atoms with Gasteiger partial charge in [-0.3, -0.25) is 9.59 Å². The molecule has 0 saturated carbocycles. The highest BCUT2D eigenvalue weighted by molar-refractivity contribution is 7.89. The third-order valence-electron chi connectivity index (χ3n) is 5.92. The van der Waals surface area contributed by atoms with Crippen LogP contribution < -0.4 is 15.4 Å². The number of benzene rings is 1. The van der Waals surface area contributed by atoms with Crippen LogP contribution in [-0.2, 0) is 38.9 Å². The molecule has 35 heavy (non-hydrogen) atoms. The summed E-state index contributed by atoms with van der Waals surface area (Å²) in [5, 5.41) is 15.4. The van der Waals surface area contributed by atoms with Crippen LogP contribution in [0.3, 0.4) is 0 Å². The third kappa shape index (κ3) is 9.29. The number of aliphatic carboxylic acids is 1. The summed E-state index contributed by atoms with van der Waals surface area (Å²) in [6, 6.07) is 12.0. The molecule has 1 aliphatic rings. The summed E-state index contributed by atoms with van der Waals surface area (Å²) in [5.74, 6) is -0.687. The molecule has 1 aliphatic heterocycles. The van der Waals surface area contributed by atoms with Crippen LogP contribution in [0.1, 0.15) is 48.9 Å². The average Bonchev–Trinajstić information content (AvgIpc) is 2.85. The molecule has 0 spiro atoms. The molecule has 0 radical (unpaired) electrons. The van der Waals surface area contributed by atoms with Gasteiger partial charge < -0.3 is 15.7 Å². The van der Waals surface area contributed by atoms with E-state index >= 15 is 0 Å². The molecule has 2 heterocycles. The van der Waals surface area contributed by atoms with Gasteiger partial charge in [0.25, 0.3) is 0 Å². The monoisotopic (exact) mass is 502 g/mol. The van der Waals surface area contributed by atoms with E-state index in [1.807, 2.05) is 36.4 Å². The maximum atomic E-state index is 12.3. The predicted octanol–water partition coefficient (Wildman–Crippen LogP) is 2.27. The van der Waals surface area contributed by atoms with Crippen LogP contribution >= 0.6 is 0 Å². The number of aryl methyl sites for hydroxylation is 3. The Labute approximate surface area is 206 Å². The van der Waals surface area contributed by atoms with Gasteiger partial charge in [0, 0.05) is 25.2 Å². The standard InChI is InChI=1S/C25H34N4O5S/c30-23(11-5-4-10-21-13-12-20-9-6-16-27-24(20)28-21)26-17-14-22(25(31)32)29-35(33,34)18-15-19-7-2-1-3-8-19/h1-3,7-8,12-13,22,29H,4-6,9-11,14-18H2,(H,26,30)(H,27,28)(H,31,32). The lowest BCUT2D eigenvalue weighted by Crippen LogP contribution is -2.44. The topological polar surface area (TPSA) is 137 Å². The number of fused-ring (bicyclic) bond motifs is 1. The van der Waals surface area contributed by atoms with E-state index in [0.29, 0.717) is 12.8 Å². The number of aromatic nitrogens is 1. The zero-order valence-electron chi connectivity index (χ0n) is 19.8. The Morgan fingerprint density at radius 2 is 1.89 bits per heavy atom. The molecule has 1 unspecified atom stereocenters. The van der Waals surface area contributed by atoms with Crippen molar-refractivity contribution in [1.82, 2.24) is 15.0 Å². The van der Waals surface area contributed by atoms with Crippen molar-refractivity contribution in [3.63, 3.8) is 0 Å². The van der Waals surface area contributed by atoms with Crippen LogP contribution in [0.2, 0.25) is 0 Å². The number of hydrogen-bond acceptors (Lipinski definition) is 6. The van der Waals surface area contributed by atoms with Gasteiger partial charge in [-0.15, -0.1) is 0 Å². The van der Waals surface area contributed by atoms with Gasteiger partial charge in [-0.1, -0.05) is 36.4 Å². The first-order valence-electron chi connectivity index (χ1n) is 12.1. The highest BCUT2D eigenvalue weighted by Crippen LogP contribution is 2.20. The van der Waals surface area contributed by atoms with E-state index in [9.17, 15) is 23.1 Å². The molecule has 0 bridgehead atoms. The van der Waals surface area contributed by atoms with Crippen LogP contribution in [-0.4, -0.2) is 55.3 Å². The zero-order chi connectivity index (χ0) is 25.1. The second-order valence-electron chi connectivity index (χ2n) is 8.75. The van der Waals surface area contributed by atoms with Gasteiger partial charge in [-0.25, -0.2) is 18.1 Å². The fraction of sp³-hybridized carbons (Fsp3) is 0.480. The number of amides is 1. The molecule has 0 saturated heterocycles. The predicted molar refractivity (Wildman–Crippen MR) is 135 cm³/mol. The van der Waals surface area contributed by atoms with Gasteiger partial charge in [-0.05, 0) is 62.1 Å². The Kier molecular flexibility index (Phi) is 10.0. The minimum Gasteiger partial charge on any atom is -0.480 e. The van der Waals surface area contributed by atoms with Crippen molar-refractivity contribution < 1.29 is 23.1 Å². The summed E-state index contributed by atoms with van der Waals surface area (Å²) in [6.07, 6.45) is 5.04. The molecular formula is C25H34N4O5S. The third-order valence-corrected chi connectivity index (χ3v) is 7.30. The summed E-state index contributed by atoms with van der Waals surface area (Å²) in [7, 11) is -3.78. The van der Waals surface area contributed by atoms with Crippen molar-refractivity contribution in [3.8, 4) is 0 Å². The number of rotatable bonds is 14. The quantitative estimate of drug-likeness (QED) is 0.291. The summed E-state index contributed by atoms with van der Waals surface area (Å²) in [4.78, 5) is 28.3. The molecule has 3 rings (SSSR count). The Bertz CT molecular complexity index is 1090. The number of anilines is 1. The summed E-state index contributed by atoms with van der Waals surface area (Å²) in [5.41, 5.74) is 3.11. The SMILES string of the molecule is O=C(CCCCc1ccc2c(n1)NCCC2)NCCC(NS(=O)(=O)CCc1ccccc1)C(=O)O. The fourth-order valence-electron chi connectivity index (χ4n) is 3.95. The maximum absolute atomic E-state index is 12.3. The van der Waals surface area contributed by atoms with E-state index < -0.39 is 22.0 Å². The number of carboxylic acids is 1. The molecule has 4 N–H and O–H groups in total. The first-order valence-corrected chi connectivity index (χ1v) is 13.7. The maximum Gasteiger partial charge on any atom is 0.321 e. The normalized spacial score (nSPS) is 13.9. The smallest absolute Gasteiger partial charge is 0.321 e. The van der Waals surface area contributed by atoms with Gasteiger partial charge in [0.2, 0.25) is 15.9 Å². The molecule has 1 atom stereocenters. The van der Waals surface area contributed by atoms with Crippen molar-refractivity contribution >= 4 is 27.7 Å². The number of nitrogens with one attached hydrogen (secondary N) is 3. The number of unbranched alkanes of at least 4 members (excludes halogenated alkanes) is 1. The van der Waals surface area contributed by atoms with E-state index in [-0.39, 0.29) is 31.0 Å². The van der Waals surface area contributed by atoms with Crippen LogP contribution in [0, 0.1) is 0 Å². The van der Waals surface area contributed by atoms with E-state index in [0.717, 1.165) is 49.3 Å². The highest BCUT2D eigenvalue weighted by Gasteiger charge is 2.23. The lowest BCUT2D eigenvalue weighted by molar-refractivity contribution is -0.139. The minimum absolute atomic E-state index is 0.0301. The van der Waals surface area contributed by atoms with Crippen LogP contribution in [0.25, 0.3) is 0 Å². The van der Waals surface area contributed by atoms with Gasteiger partial charge in [0.15, 0.2) is 0 Å². The molecule has 1 aromatic heterocycles. The molecule has 9 nitrogen and oxygen atoms in total. The molecular weight excluding hydrogens is 468 g/mol. The van der Waals surface area contributed by atoms with Crippen molar-refractivity contribution in [1.29, 1.82) is 0 Å². The Balaban J connectivity index is 1.33. The second-order valence-corrected chi connectivity index (χ2v) is 10.6. The first-order chi connectivity index (χ1) is 16.8. The minimum atomic E-state index is -3.78. The number of pyridine rings is 1. The van der Waals surface area contributed by atoms with E-state index in [2.05, 4.69) is 26.4 Å². The number of nitrogens with zero attached hydrogens (tertiary/aromatic N) is 1. The van der Waals surface area contributed by atoms with Gasteiger partial charge in [0.1, 0.15) is 11.9 Å². The van der Waals surface area contributed by atoms with E-state index in [1.54, 1.807) is 0 Å². The van der Waals surface area contributed by atoms with Crippen molar-refractivity contribution in [3.05, 3.63) is 59.3 Å². The molecule has 1 amide bonds. The van der Waals surface area contributed by atoms with Crippen molar-refractivity contribution in [2.24, 2.45) is 0 Å². The highest BCUT2D eigenvalue weighted by atomic mass is 32.2. The number of hydrogen-bond donors (Lipinski definition) is 4. The number of carboxylic acid groups (broad SMARTS) is 1. The summed E-state index contributed by atoms with van der Waals surface area (Å²) >= 11 is 0. The summed E-state index contributed by atoms with van der Waals surface area (Å²) < 4.78 is 26.9. The molecule has 10 heteroatoms. The van der Waals surface area contributed by atoms with Crippen LogP contribution in [0.15, 0.2) is 42.5 Å².